The van der Waals surface area contributed by atoms with Crippen LogP contribution in [0.1, 0.15) is 25.7 Å². The summed E-state index contributed by atoms with van der Waals surface area (Å²) in [5, 5.41) is 13.9. The van der Waals surface area contributed by atoms with E-state index in [-0.39, 0.29) is 16.6 Å². The molecule has 0 unspecified atom stereocenters. The largest absolute Gasteiger partial charge is 0.388 e. The van der Waals surface area contributed by atoms with Crippen LogP contribution in [0.2, 0.25) is 0 Å². The van der Waals surface area contributed by atoms with Gasteiger partial charge in [-0.15, -0.1) is 0 Å². The van der Waals surface area contributed by atoms with Crippen LogP contribution < -0.4 is 5.32 Å². The molecule has 0 aromatic heterocycles. The van der Waals surface area contributed by atoms with E-state index in [1.165, 1.54) is 29.6 Å². The van der Waals surface area contributed by atoms with E-state index in [1.54, 1.807) is 7.05 Å². The molecule has 1 aliphatic rings. The predicted molar refractivity (Wildman–Crippen MR) is 79.8 cm³/mol. The first-order valence-corrected chi connectivity index (χ1v) is 8.26. The summed E-state index contributed by atoms with van der Waals surface area (Å²) in [6.07, 6.45) is 3.58. The van der Waals surface area contributed by atoms with Crippen molar-refractivity contribution in [2.45, 2.75) is 36.6 Å². The van der Waals surface area contributed by atoms with Crippen molar-refractivity contribution in [3.05, 3.63) is 28.3 Å². The number of rotatable bonds is 5. The quantitative estimate of drug-likeness (QED) is 0.664. The van der Waals surface area contributed by atoms with Gasteiger partial charge in [0.1, 0.15) is 0 Å². The normalized spacial score (nSPS) is 16.3. The Balaban J connectivity index is 2.49. The SMILES string of the molecule is CNc1ccc([N+](=O)[O-])c(S(=O)(=O)N(C)C2CCCC2)c1. The van der Waals surface area contributed by atoms with Crippen molar-refractivity contribution in [1.82, 2.24) is 4.31 Å². The third kappa shape index (κ3) is 3.01. The minimum absolute atomic E-state index is 0.0761. The van der Waals surface area contributed by atoms with Gasteiger partial charge in [0.05, 0.1) is 4.92 Å². The third-order valence-corrected chi connectivity index (χ3v) is 5.88. The van der Waals surface area contributed by atoms with Crippen LogP contribution in [0, 0.1) is 10.1 Å². The van der Waals surface area contributed by atoms with Crippen LogP contribution in [0.4, 0.5) is 11.4 Å². The molecule has 2 rings (SSSR count). The molecule has 21 heavy (non-hydrogen) atoms. The molecule has 0 saturated heterocycles. The molecule has 1 aromatic carbocycles. The van der Waals surface area contributed by atoms with Gasteiger partial charge in [0.15, 0.2) is 4.90 Å². The minimum Gasteiger partial charge on any atom is -0.388 e. The molecular weight excluding hydrogens is 294 g/mol. The number of nitrogens with one attached hydrogen (secondary N) is 1. The van der Waals surface area contributed by atoms with E-state index in [0.717, 1.165) is 25.7 Å². The number of nitro benzene ring substituents is 1. The van der Waals surface area contributed by atoms with Crippen molar-refractivity contribution in [3.8, 4) is 0 Å². The van der Waals surface area contributed by atoms with Crippen molar-refractivity contribution in [2.24, 2.45) is 0 Å². The van der Waals surface area contributed by atoms with Gasteiger partial charge >= 0.3 is 0 Å². The molecule has 0 aliphatic heterocycles. The average molecular weight is 313 g/mol. The van der Waals surface area contributed by atoms with E-state index in [0.29, 0.717) is 5.69 Å². The van der Waals surface area contributed by atoms with E-state index < -0.39 is 14.9 Å². The fourth-order valence-corrected chi connectivity index (χ4v) is 4.24. The van der Waals surface area contributed by atoms with E-state index in [2.05, 4.69) is 5.32 Å². The van der Waals surface area contributed by atoms with Gasteiger partial charge in [-0.05, 0) is 25.0 Å². The lowest BCUT2D eigenvalue weighted by atomic mass is 10.3. The monoisotopic (exact) mass is 313 g/mol. The van der Waals surface area contributed by atoms with Gasteiger partial charge in [0, 0.05) is 31.9 Å². The zero-order valence-electron chi connectivity index (χ0n) is 12.1. The number of benzene rings is 1. The van der Waals surface area contributed by atoms with Crippen LogP contribution in [0.25, 0.3) is 0 Å². The highest BCUT2D eigenvalue weighted by Crippen LogP contribution is 2.32. The van der Waals surface area contributed by atoms with Gasteiger partial charge in [-0.3, -0.25) is 10.1 Å². The second-order valence-corrected chi connectivity index (χ2v) is 7.12. The van der Waals surface area contributed by atoms with Crippen LogP contribution in [0.15, 0.2) is 23.1 Å². The molecule has 8 heteroatoms. The number of anilines is 1. The zero-order valence-corrected chi connectivity index (χ0v) is 12.9. The molecule has 1 aromatic rings. The summed E-state index contributed by atoms with van der Waals surface area (Å²) in [6.45, 7) is 0. The Bertz CT molecular complexity index is 639. The Kier molecular flexibility index (Phi) is 4.48. The summed E-state index contributed by atoms with van der Waals surface area (Å²) in [4.78, 5) is 10.2. The molecule has 0 spiro atoms. The van der Waals surface area contributed by atoms with Gasteiger partial charge in [-0.2, -0.15) is 4.31 Å². The standard InChI is InChI=1S/C13H19N3O4S/c1-14-10-7-8-12(16(17)18)13(9-10)21(19,20)15(2)11-5-3-4-6-11/h7-9,11,14H,3-6H2,1-2H3. The summed E-state index contributed by atoms with van der Waals surface area (Å²) in [6, 6.07) is 3.96. The molecular formula is C13H19N3O4S. The highest BCUT2D eigenvalue weighted by molar-refractivity contribution is 7.89. The highest BCUT2D eigenvalue weighted by Gasteiger charge is 2.34. The van der Waals surface area contributed by atoms with Gasteiger partial charge in [-0.1, -0.05) is 12.8 Å². The summed E-state index contributed by atoms with van der Waals surface area (Å²) in [5.74, 6) is 0. The predicted octanol–water partition coefficient (Wildman–Crippen LogP) is 2.20. The summed E-state index contributed by atoms with van der Waals surface area (Å²) in [7, 11) is -0.741. The second-order valence-electron chi connectivity index (χ2n) is 5.15. The molecule has 0 radical (unpaired) electrons. The minimum atomic E-state index is -3.88. The van der Waals surface area contributed by atoms with Crippen molar-refractivity contribution in [2.75, 3.05) is 19.4 Å². The maximum Gasteiger partial charge on any atom is 0.289 e. The maximum absolute atomic E-state index is 12.7. The first-order valence-electron chi connectivity index (χ1n) is 6.82. The lowest BCUT2D eigenvalue weighted by Gasteiger charge is -2.23. The van der Waals surface area contributed by atoms with E-state index in [1.807, 2.05) is 0 Å². The molecule has 0 atom stereocenters. The molecule has 116 valence electrons. The third-order valence-electron chi connectivity index (χ3n) is 3.94. The van der Waals surface area contributed by atoms with Gasteiger partial charge in [0.25, 0.3) is 5.69 Å². The van der Waals surface area contributed by atoms with Crippen molar-refractivity contribution in [3.63, 3.8) is 0 Å². The van der Waals surface area contributed by atoms with E-state index >= 15 is 0 Å². The Labute approximate surface area is 124 Å². The Hall–Kier alpha value is -1.67. The number of nitro groups is 1. The molecule has 7 nitrogen and oxygen atoms in total. The van der Waals surface area contributed by atoms with Crippen molar-refractivity contribution >= 4 is 21.4 Å². The number of nitrogens with zero attached hydrogens (tertiary/aromatic N) is 2. The summed E-state index contributed by atoms with van der Waals surface area (Å²) in [5.41, 5.74) is 0.137. The summed E-state index contributed by atoms with van der Waals surface area (Å²) < 4.78 is 26.7. The number of sulfonamides is 1. The molecule has 1 saturated carbocycles. The van der Waals surface area contributed by atoms with Crippen LogP contribution in [-0.2, 0) is 10.0 Å². The van der Waals surface area contributed by atoms with Crippen LogP contribution in [-0.4, -0.2) is 37.8 Å². The van der Waals surface area contributed by atoms with Crippen molar-refractivity contribution in [1.29, 1.82) is 0 Å². The Morgan fingerprint density at radius 1 is 1.33 bits per heavy atom. The molecule has 0 bridgehead atoms. The van der Waals surface area contributed by atoms with Crippen LogP contribution >= 0.6 is 0 Å². The molecule has 1 fully saturated rings. The van der Waals surface area contributed by atoms with Gasteiger partial charge in [0.2, 0.25) is 10.0 Å². The summed E-state index contributed by atoms with van der Waals surface area (Å²) >= 11 is 0. The zero-order chi connectivity index (χ0) is 15.6. The lowest BCUT2D eigenvalue weighted by molar-refractivity contribution is -0.387. The average Bonchev–Trinajstić information content (AvgIpc) is 2.99. The Morgan fingerprint density at radius 3 is 2.48 bits per heavy atom. The first kappa shape index (κ1) is 15.7. The number of hydrogen-bond acceptors (Lipinski definition) is 5. The Morgan fingerprint density at radius 2 is 1.95 bits per heavy atom. The van der Waals surface area contributed by atoms with Gasteiger partial charge in [-0.25, -0.2) is 8.42 Å². The topological polar surface area (TPSA) is 92.5 Å². The molecule has 0 amide bonds. The fraction of sp³-hybridized carbons (Fsp3) is 0.538. The first-order chi connectivity index (χ1) is 9.87. The van der Waals surface area contributed by atoms with Crippen LogP contribution in [0.3, 0.4) is 0 Å². The molecule has 1 N–H and O–H groups in total. The van der Waals surface area contributed by atoms with Gasteiger partial charge < -0.3 is 5.32 Å². The molecule has 0 heterocycles. The van der Waals surface area contributed by atoms with Crippen molar-refractivity contribution < 1.29 is 13.3 Å². The lowest BCUT2D eigenvalue weighted by Crippen LogP contribution is -2.35. The van der Waals surface area contributed by atoms with Crippen LogP contribution in [0.5, 0.6) is 0 Å². The maximum atomic E-state index is 12.7. The highest BCUT2D eigenvalue weighted by atomic mass is 32.2. The van der Waals surface area contributed by atoms with E-state index in [9.17, 15) is 18.5 Å². The fourth-order valence-electron chi connectivity index (χ4n) is 2.65. The van der Waals surface area contributed by atoms with E-state index in [4.69, 9.17) is 0 Å². The second kappa shape index (κ2) is 5.98. The number of hydrogen-bond donors (Lipinski definition) is 1. The molecule has 1 aliphatic carbocycles. The smallest absolute Gasteiger partial charge is 0.289 e.